The van der Waals surface area contributed by atoms with Gasteiger partial charge in [0.05, 0.1) is 0 Å². The number of benzene rings is 2. The molecule has 0 fully saturated rings. The average Bonchev–Trinajstić information content (AvgIpc) is 2.21. The van der Waals surface area contributed by atoms with Crippen molar-refractivity contribution in [3.05, 3.63) is 60.7 Å². The minimum absolute atomic E-state index is 0.211. The summed E-state index contributed by atoms with van der Waals surface area (Å²) in [5.41, 5.74) is 0. The summed E-state index contributed by atoms with van der Waals surface area (Å²) < 4.78 is 2.92. The maximum absolute atomic E-state index is 2.20. The molecule has 0 saturated heterocycles. The van der Waals surface area contributed by atoms with Crippen LogP contribution in [0, 0.1) is 0 Å². The standard InChI is InChI=1S/2C6H5.Ru/c2*1-2-4-6-5-3-1;/h2*1-5H;. The van der Waals surface area contributed by atoms with Crippen LogP contribution in [0.5, 0.6) is 0 Å². The molecule has 0 aliphatic heterocycles. The van der Waals surface area contributed by atoms with Crippen LogP contribution in [0.3, 0.4) is 0 Å². The average molecular weight is 255 g/mol. The first kappa shape index (κ1) is 8.65. The molecule has 0 aliphatic carbocycles. The number of rotatable bonds is 2. The first-order valence-electron chi connectivity index (χ1n) is 4.17. The monoisotopic (exact) mass is 256 g/mol. The Balaban J connectivity index is 2.16. The van der Waals surface area contributed by atoms with Crippen molar-refractivity contribution in [2.24, 2.45) is 0 Å². The summed E-state index contributed by atoms with van der Waals surface area (Å²) in [5.74, 6) is 0. The van der Waals surface area contributed by atoms with E-state index in [1.807, 2.05) is 0 Å². The third-order valence-electron chi connectivity index (χ3n) is 1.65. The summed E-state index contributed by atoms with van der Waals surface area (Å²) in [7, 11) is 0. The van der Waals surface area contributed by atoms with Crippen LogP contribution in [-0.4, -0.2) is 0 Å². The van der Waals surface area contributed by atoms with Crippen LogP contribution >= 0.6 is 0 Å². The van der Waals surface area contributed by atoms with E-state index < -0.39 is 0 Å². The zero-order valence-electron chi connectivity index (χ0n) is 7.13. The first-order valence-corrected chi connectivity index (χ1v) is 5.91. The summed E-state index contributed by atoms with van der Waals surface area (Å²) in [6.45, 7) is 0. The Kier molecular flexibility index (Phi) is 2.89. The van der Waals surface area contributed by atoms with Crippen molar-refractivity contribution in [1.29, 1.82) is 0 Å². The fourth-order valence-electron chi connectivity index (χ4n) is 1.06. The molecule has 0 aliphatic rings. The van der Waals surface area contributed by atoms with E-state index >= 15 is 0 Å². The van der Waals surface area contributed by atoms with Crippen LogP contribution < -0.4 is 8.32 Å². The summed E-state index contributed by atoms with van der Waals surface area (Å²) in [5, 5.41) is 0. The molecule has 0 atom stereocenters. The van der Waals surface area contributed by atoms with Gasteiger partial charge in [0.1, 0.15) is 0 Å². The van der Waals surface area contributed by atoms with Crippen LogP contribution in [0.1, 0.15) is 0 Å². The van der Waals surface area contributed by atoms with Gasteiger partial charge in [0.25, 0.3) is 0 Å². The molecule has 0 radical (unpaired) electrons. The molecular formula is C12H10Ru. The Hall–Kier alpha value is -0.937. The summed E-state index contributed by atoms with van der Waals surface area (Å²) in [4.78, 5) is 0. The molecule has 1 heteroatoms. The molecule has 2 aromatic carbocycles. The van der Waals surface area contributed by atoms with Crippen molar-refractivity contribution >= 4 is 8.32 Å². The summed E-state index contributed by atoms with van der Waals surface area (Å²) in [6, 6.07) is 21.3. The van der Waals surface area contributed by atoms with Gasteiger partial charge in [-0.3, -0.25) is 0 Å². The molecular weight excluding hydrogens is 245 g/mol. The van der Waals surface area contributed by atoms with Crippen LogP contribution in [0.2, 0.25) is 0 Å². The second-order valence-electron chi connectivity index (χ2n) is 2.65. The van der Waals surface area contributed by atoms with E-state index in [4.69, 9.17) is 0 Å². The van der Waals surface area contributed by atoms with Crippen molar-refractivity contribution in [2.75, 3.05) is 0 Å². The van der Waals surface area contributed by atoms with Gasteiger partial charge in [-0.05, 0) is 0 Å². The fraction of sp³-hybridized carbons (Fsp3) is 0. The van der Waals surface area contributed by atoms with E-state index in [1.54, 1.807) is 0 Å². The van der Waals surface area contributed by atoms with E-state index in [0.29, 0.717) is 0 Å². The predicted octanol–water partition coefficient (Wildman–Crippen LogP) is 1.72. The molecule has 2 rings (SSSR count). The fourth-order valence-corrected chi connectivity index (χ4v) is 2.88. The van der Waals surface area contributed by atoms with E-state index in [9.17, 15) is 0 Å². The maximum atomic E-state index is 2.20. The Bertz CT molecular complexity index is 316. The molecule has 0 nitrogen and oxygen atoms in total. The van der Waals surface area contributed by atoms with Gasteiger partial charge in [0.2, 0.25) is 0 Å². The molecule has 0 N–H and O–H groups in total. The van der Waals surface area contributed by atoms with Gasteiger partial charge in [0, 0.05) is 0 Å². The van der Waals surface area contributed by atoms with Crippen LogP contribution in [-0.2, 0) is 17.1 Å². The van der Waals surface area contributed by atoms with Crippen LogP contribution in [0.4, 0.5) is 0 Å². The van der Waals surface area contributed by atoms with E-state index in [1.165, 1.54) is 8.32 Å². The molecule has 0 heterocycles. The Morgan fingerprint density at radius 1 is 0.538 bits per heavy atom. The van der Waals surface area contributed by atoms with Gasteiger partial charge in [0.15, 0.2) is 0 Å². The minimum atomic E-state index is 0.211. The Morgan fingerprint density at radius 3 is 1.31 bits per heavy atom. The number of hydrogen-bond acceptors (Lipinski definition) is 0. The van der Waals surface area contributed by atoms with Crippen molar-refractivity contribution in [1.82, 2.24) is 0 Å². The van der Waals surface area contributed by atoms with Crippen LogP contribution in [0.15, 0.2) is 60.7 Å². The molecule has 0 bridgehead atoms. The van der Waals surface area contributed by atoms with Crippen molar-refractivity contribution in [2.45, 2.75) is 0 Å². The molecule has 2 aromatic rings. The zero-order valence-corrected chi connectivity index (χ0v) is 8.87. The van der Waals surface area contributed by atoms with E-state index in [2.05, 4.69) is 60.7 Å². The van der Waals surface area contributed by atoms with Crippen molar-refractivity contribution in [3.8, 4) is 0 Å². The summed E-state index contributed by atoms with van der Waals surface area (Å²) >= 11 is 0.211. The van der Waals surface area contributed by atoms with Gasteiger partial charge in [-0.2, -0.15) is 0 Å². The van der Waals surface area contributed by atoms with E-state index in [-0.39, 0.29) is 17.1 Å². The summed E-state index contributed by atoms with van der Waals surface area (Å²) in [6.07, 6.45) is 0. The second-order valence-corrected chi connectivity index (χ2v) is 5.09. The molecule has 13 heavy (non-hydrogen) atoms. The van der Waals surface area contributed by atoms with Crippen molar-refractivity contribution in [3.63, 3.8) is 0 Å². The van der Waals surface area contributed by atoms with Gasteiger partial charge >= 0.3 is 86.1 Å². The van der Waals surface area contributed by atoms with Crippen molar-refractivity contribution < 1.29 is 17.1 Å². The molecule has 0 unspecified atom stereocenters. The molecule has 66 valence electrons. The third kappa shape index (κ3) is 2.50. The third-order valence-corrected chi connectivity index (χ3v) is 3.82. The van der Waals surface area contributed by atoms with Gasteiger partial charge in [-0.1, -0.05) is 0 Å². The second kappa shape index (κ2) is 4.34. The van der Waals surface area contributed by atoms with Crippen LogP contribution in [0.25, 0.3) is 0 Å². The first-order chi connectivity index (χ1) is 6.45. The Labute approximate surface area is 86.2 Å². The van der Waals surface area contributed by atoms with Gasteiger partial charge in [-0.25, -0.2) is 0 Å². The molecule has 0 amide bonds. The quantitative estimate of drug-likeness (QED) is 0.717. The zero-order chi connectivity index (χ0) is 8.93. The Morgan fingerprint density at radius 2 is 0.923 bits per heavy atom. The normalized spacial score (nSPS) is 10.2. The molecule has 0 saturated carbocycles. The molecule has 0 aromatic heterocycles. The van der Waals surface area contributed by atoms with E-state index in [0.717, 1.165) is 0 Å². The SMILES string of the molecule is c1cc[c]([Ru][c]2ccccc2)cc1. The number of hydrogen-bond donors (Lipinski definition) is 0. The van der Waals surface area contributed by atoms with Gasteiger partial charge in [-0.15, -0.1) is 0 Å². The predicted molar refractivity (Wildman–Crippen MR) is 52.2 cm³/mol. The topological polar surface area (TPSA) is 0 Å². The molecule has 0 spiro atoms. The van der Waals surface area contributed by atoms with Gasteiger partial charge < -0.3 is 0 Å².